The van der Waals surface area contributed by atoms with E-state index in [1.807, 2.05) is 31.2 Å². The largest absolute Gasteiger partial charge is 0.273 e. The van der Waals surface area contributed by atoms with E-state index in [1.165, 1.54) is 24.5 Å². The van der Waals surface area contributed by atoms with Crippen LogP contribution in [0.2, 0.25) is 0 Å². The van der Waals surface area contributed by atoms with Gasteiger partial charge in [0.1, 0.15) is 5.01 Å². The van der Waals surface area contributed by atoms with Gasteiger partial charge in [0.2, 0.25) is 20.0 Å². The molecule has 172 valence electrons. The van der Waals surface area contributed by atoms with Crippen LogP contribution in [0.3, 0.4) is 0 Å². The van der Waals surface area contributed by atoms with Gasteiger partial charge in [-0.1, -0.05) is 35.9 Å². The SMILES string of the molecule is Cc1ccc(-c2ncc(-c3ccc(N(C)S(C)(=O)=O)cc3S(=O)(=O)NC(C)(C)C)s2)cc1. The van der Waals surface area contributed by atoms with Gasteiger partial charge < -0.3 is 0 Å². The highest BCUT2D eigenvalue weighted by molar-refractivity contribution is 7.92. The van der Waals surface area contributed by atoms with Crippen LogP contribution in [0.5, 0.6) is 0 Å². The van der Waals surface area contributed by atoms with Crippen LogP contribution in [0.1, 0.15) is 26.3 Å². The molecule has 10 heteroatoms. The van der Waals surface area contributed by atoms with Gasteiger partial charge in [-0.3, -0.25) is 4.31 Å². The molecular formula is C22H27N3O4S3. The van der Waals surface area contributed by atoms with Gasteiger partial charge in [0.05, 0.1) is 21.7 Å². The topological polar surface area (TPSA) is 96.4 Å². The molecule has 1 heterocycles. The first-order chi connectivity index (χ1) is 14.7. The Morgan fingerprint density at radius 3 is 2.19 bits per heavy atom. The molecule has 0 amide bonds. The maximum absolute atomic E-state index is 13.3. The van der Waals surface area contributed by atoms with Crippen LogP contribution in [0.25, 0.3) is 21.0 Å². The summed E-state index contributed by atoms with van der Waals surface area (Å²) in [6.45, 7) is 7.25. The summed E-state index contributed by atoms with van der Waals surface area (Å²) in [6.07, 6.45) is 2.71. The van der Waals surface area contributed by atoms with Crippen molar-refractivity contribution in [1.82, 2.24) is 9.71 Å². The molecule has 0 aliphatic carbocycles. The Kier molecular flexibility index (Phi) is 6.54. The quantitative estimate of drug-likeness (QED) is 0.554. The van der Waals surface area contributed by atoms with E-state index < -0.39 is 25.6 Å². The Labute approximate surface area is 194 Å². The van der Waals surface area contributed by atoms with Crippen LogP contribution in [0, 0.1) is 6.92 Å². The molecule has 3 aromatic rings. The molecule has 0 radical (unpaired) electrons. The summed E-state index contributed by atoms with van der Waals surface area (Å²) in [7, 11) is -6.12. The van der Waals surface area contributed by atoms with Gasteiger partial charge in [-0.2, -0.15) is 0 Å². The lowest BCUT2D eigenvalue weighted by atomic mass is 10.1. The van der Waals surface area contributed by atoms with Crippen LogP contribution < -0.4 is 9.03 Å². The fourth-order valence-corrected chi connectivity index (χ4v) is 6.19. The first-order valence-electron chi connectivity index (χ1n) is 9.82. The number of benzene rings is 2. The Hall–Kier alpha value is -2.27. The van der Waals surface area contributed by atoms with E-state index in [1.54, 1.807) is 39.1 Å². The standard InChI is InChI=1S/C22H27N3O4S3/c1-15-7-9-16(10-8-15)21-23-14-19(30-21)18-12-11-17(25(5)31(6,26)27)13-20(18)32(28,29)24-22(2,3)4/h7-14,24H,1-6H3. The summed E-state index contributed by atoms with van der Waals surface area (Å²) in [5, 5.41) is 0.768. The molecule has 0 atom stereocenters. The highest BCUT2D eigenvalue weighted by Crippen LogP contribution is 2.37. The van der Waals surface area contributed by atoms with Crippen molar-refractivity contribution in [2.45, 2.75) is 38.1 Å². The van der Waals surface area contributed by atoms with Crippen LogP contribution >= 0.6 is 11.3 Å². The van der Waals surface area contributed by atoms with E-state index in [0.29, 0.717) is 10.4 Å². The van der Waals surface area contributed by atoms with Crippen molar-refractivity contribution in [3.8, 4) is 21.0 Å². The van der Waals surface area contributed by atoms with E-state index in [4.69, 9.17) is 0 Å². The first kappa shape index (κ1) is 24.4. The number of aryl methyl sites for hydroxylation is 1. The first-order valence-corrected chi connectivity index (χ1v) is 14.0. The lowest BCUT2D eigenvalue weighted by Crippen LogP contribution is -2.40. The van der Waals surface area contributed by atoms with Gasteiger partial charge in [0.25, 0.3) is 0 Å². The molecular weight excluding hydrogens is 466 g/mol. The molecule has 0 saturated carbocycles. The summed E-state index contributed by atoms with van der Waals surface area (Å²) in [4.78, 5) is 5.15. The van der Waals surface area contributed by atoms with Crippen molar-refractivity contribution in [2.24, 2.45) is 0 Å². The van der Waals surface area contributed by atoms with Crippen molar-refractivity contribution < 1.29 is 16.8 Å². The second-order valence-corrected chi connectivity index (χ2v) is 13.4. The summed E-state index contributed by atoms with van der Waals surface area (Å²) < 4.78 is 54.3. The number of thiazole rings is 1. The maximum Gasteiger partial charge on any atom is 0.241 e. The molecule has 0 fully saturated rings. The lowest BCUT2D eigenvalue weighted by Gasteiger charge is -2.23. The molecule has 0 aliphatic heterocycles. The number of hydrogen-bond donors (Lipinski definition) is 1. The molecule has 0 aliphatic rings. The fourth-order valence-electron chi connectivity index (χ4n) is 3.01. The third-order valence-corrected chi connectivity index (χ3v) is 8.71. The minimum absolute atomic E-state index is 0.000434. The molecule has 1 N–H and O–H groups in total. The number of anilines is 1. The smallest absolute Gasteiger partial charge is 0.241 e. The fraction of sp³-hybridized carbons (Fsp3) is 0.318. The number of nitrogens with one attached hydrogen (secondary N) is 1. The Bertz CT molecular complexity index is 1340. The van der Waals surface area contributed by atoms with Crippen molar-refractivity contribution in [2.75, 3.05) is 17.6 Å². The van der Waals surface area contributed by atoms with E-state index >= 15 is 0 Å². The molecule has 0 spiro atoms. The average molecular weight is 494 g/mol. The highest BCUT2D eigenvalue weighted by Gasteiger charge is 2.27. The summed E-state index contributed by atoms with van der Waals surface area (Å²) in [6, 6.07) is 12.5. The number of rotatable bonds is 6. The van der Waals surface area contributed by atoms with Crippen molar-refractivity contribution >= 4 is 37.1 Å². The van der Waals surface area contributed by atoms with Crippen LogP contribution in [0.4, 0.5) is 5.69 Å². The summed E-state index contributed by atoms with van der Waals surface area (Å²) in [5.41, 5.74) is 2.09. The van der Waals surface area contributed by atoms with Crippen molar-refractivity contribution in [1.29, 1.82) is 0 Å². The van der Waals surface area contributed by atoms with Gasteiger partial charge in [-0.05, 0) is 39.8 Å². The monoisotopic (exact) mass is 493 g/mol. The predicted molar refractivity (Wildman–Crippen MR) is 131 cm³/mol. The molecule has 7 nitrogen and oxygen atoms in total. The van der Waals surface area contributed by atoms with E-state index in [9.17, 15) is 16.8 Å². The predicted octanol–water partition coefficient (Wildman–Crippen LogP) is 4.26. The normalized spacial score (nSPS) is 12.7. The lowest BCUT2D eigenvalue weighted by molar-refractivity contribution is 0.491. The Morgan fingerprint density at radius 1 is 1.00 bits per heavy atom. The number of aromatic nitrogens is 1. The highest BCUT2D eigenvalue weighted by atomic mass is 32.2. The molecule has 0 saturated heterocycles. The zero-order valence-corrected chi connectivity index (χ0v) is 21.3. The van der Waals surface area contributed by atoms with Gasteiger partial charge >= 0.3 is 0 Å². The van der Waals surface area contributed by atoms with Crippen LogP contribution in [0.15, 0.2) is 53.6 Å². The molecule has 0 bridgehead atoms. The van der Waals surface area contributed by atoms with Crippen LogP contribution in [-0.4, -0.2) is 40.7 Å². The van der Waals surface area contributed by atoms with Gasteiger partial charge in [-0.15, -0.1) is 11.3 Å². The Morgan fingerprint density at radius 2 is 1.62 bits per heavy atom. The molecule has 0 unspecified atom stereocenters. The second-order valence-electron chi connectivity index (χ2n) is 8.66. The second kappa shape index (κ2) is 8.58. The van der Waals surface area contributed by atoms with Crippen molar-refractivity contribution in [3.63, 3.8) is 0 Å². The molecule has 32 heavy (non-hydrogen) atoms. The minimum Gasteiger partial charge on any atom is -0.273 e. The van der Waals surface area contributed by atoms with E-state index in [0.717, 1.165) is 26.7 Å². The molecule has 1 aromatic heterocycles. The summed E-state index contributed by atoms with van der Waals surface area (Å²) in [5.74, 6) is 0. The zero-order valence-electron chi connectivity index (χ0n) is 18.9. The van der Waals surface area contributed by atoms with Gasteiger partial charge in [0.15, 0.2) is 0 Å². The third-order valence-electron chi connectivity index (χ3n) is 4.63. The minimum atomic E-state index is -3.95. The maximum atomic E-state index is 13.3. The van der Waals surface area contributed by atoms with E-state index in [2.05, 4.69) is 9.71 Å². The van der Waals surface area contributed by atoms with Gasteiger partial charge in [-0.25, -0.2) is 26.5 Å². The molecule has 2 aromatic carbocycles. The number of nitrogens with zero attached hydrogens (tertiary/aromatic N) is 2. The van der Waals surface area contributed by atoms with E-state index in [-0.39, 0.29) is 10.6 Å². The number of hydrogen-bond acceptors (Lipinski definition) is 6. The van der Waals surface area contributed by atoms with Gasteiger partial charge in [0, 0.05) is 29.9 Å². The van der Waals surface area contributed by atoms with Crippen molar-refractivity contribution in [3.05, 3.63) is 54.2 Å². The number of sulfonamides is 2. The summed E-state index contributed by atoms with van der Waals surface area (Å²) >= 11 is 1.38. The molecule has 3 rings (SSSR count). The average Bonchev–Trinajstić information content (AvgIpc) is 3.15. The zero-order chi connectivity index (χ0) is 23.9. The third kappa shape index (κ3) is 5.55. The Balaban J connectivity index is 2.16. The van der Waals surface area contributed by atoms with Crippen LogP contribution in [-0.2, 0) is 20.0 Å².